The molecule has 0 saturated carbocycles. The molecule has 3 N–H and O–H groups in total. The molecular formula is C17H18N4O2. The van der Waals surface area contributed by atoms with Crippen molar-refractivity contribution in [3.05, 3.63) is 36.7 Å². The number of nitrogens with one attached hydrogen (secondary N) is 1. The average molecular weight is 310 g/mol. The van der Waals surface area contributed by atoms with E-state index in [1.54, 1.807) is 24.5 Å². The van der Waals surface area contributed by atoms with Crippen LogP contribution < -0.4 is 4.90 Å². The highest BCUT2D eigenvalue weighted by molar-refractivity contribution is 5.86. The van der Waals surface area contributed by atoms with Gasteiger partial charge in [-0.1, -0.05) is 0 Å². The number of rotatable bonds is 2. The predicted molar refractivity (Wildman–Crippen MR) is 88.4 cm³/mol. The molecule has 6 heteroatoms. The summed E-state index contributed by atoms with van der Waals surface area (Å²) in [7, 11) is 0. The molecule has 1 fully saturated rings. The van der Waals surface area contributed by atoms with E-state index in [0.717, 1.165) is 41.5 Å². The number of β-amino-alcohol motifs (C(OH)–C–C–N with tert-alkyl or cyclic N) is 1. The Morgan fingerprint density at radius 3 is 2.78 bits per heavy atom. The summed E-state index contributed by atoms with van der Waals surface area (Å²) >= 11 is 0. The maximum Gasteiger partial charge on any atom is 0.225 e. The van der Waals surface area contributed by atoms with Gasteiger partial charge in [0.25, 0.3) is 0 Å². The minimum Gasteiger partial charge on any atom is -0.508 e. The number of phenolic OH excluding ortho intramolecular Hbond substituents is 1. The van der Waals surface area contributed by atoms with Gasteiger partial charge in [0.1, 0.15) is 5.75 Å². The molecule has 2 aromatic heterocycles. The van der Waals surface area contributed by atoms with Gasteiger partial charge < -0.3 is 20.1 Å². The monoisotopic (exact) mass is 310 g/mol. The topological polar surface area (TPSA) is 85.3 Å². The number of benzene rings is 1. The third-order valence-electron chi connectivity index (χ3n) is 4.23. The lowest BCUT2D eigenvalue weighted by atomic mass is 10.1. The number of piperidine rings is 1. The molecule has 0 unspecified atom stereocenters. The van der Waals surface area contributed by atoms with Crippen LogP contribution in [0.2, 0.25) is 0 Å². The third-order valence-corrected chi connectivity index (χ3v) is 4.23. The Balaban J connectivity index is 1.61. The van der Waals surface area contributed by atoms with E-state index in [9.17, 15) is 10.2 Å². The Kier molecular flexibility index (Phi) is 3.38. The number of hydrogen-bond donors (Lipinski definition) is 3. The van der Waals surface area contributed by atoms with E-state index in [1.165, 1.54) is 0 Å². The van der Waals surface area contributed by atoms with Gasteiger partial charge in [-0.15, -0.1) is 0 Å². The SMILES string of the molecule is Oc1ccc2[nH]c(-c3cnc(N4CCC[C@@H](O)C4)nc3)cc2c1. The number of anilines is 1. The zero-order chi connectivity index (χ0) is 15.8. The minimum absolute atomic E-state index is 0.248. The molecule has 3 aromatic rings. The quantitative estimate of drug-likeness (QED) is 0.676. The molecule has 0 spiro atoms. The number of aromatic hydroxyl groups is 1. The van der Waals surface area contributed by atoms with Crippen molar-refractivity contribution in [2.45, 2.75) is 18.9 Å². The molecule has 3 heterocycles. The number of nitrogens with zero attached hydrogens (tertiary/aromatic N) is 3. The molecule has 0 bridgehead atoms. The molecule has 6 nitrogen and oxygen atoms in total. The first-order valence-electron chi connectivity index (χ1n) is 7.76. The van der Waals surface area contributed by atoms with Crippen molar-refractivity contribution in [3.8, 4) is 17.0 Å². The Hall–Kier alpha value is -2.60. The number of H-pyrrole nitrogens is 1. The van der Waals surface area contributed by atoms with Crippen LogP contribution in [0.25, 0.3) is 22.2 Å². The first-order valence-corrected chi connectivity index (χ1v) is 7.76. The number of aromatic amines is 1. The van der Waals surface area contributed by atoms with E-state index < -0.39 is 0 Å². The third kappa shape index (κ3) is 2.73. The summed E-state index contributed by atoms with van der Waals surface area (Å²) in [5, 5.41) is 20.2. The first-order chi connectivity index (χ1) is 11.2. The van der Waals surface area contributed by atoms with Gasteiger partial charge >= 0.3 is 0 Å². The van der Waals surface area contributed by atoms with Crippen LogP contribution in [0.15, 0.2) is 36.7 Å². The highest BCUT2D eigenvalue weighted by Crippen LogP contribution is 2.26. The zero-order valence-electron chi connectivity index (χ0n) is 12.6. The smallest absolute Gasteiger partial charge is 0.225 e. The number of fused-ring (bicyclic) bond motifs is 1. The van der Waals surface area contributed by atoms with Crippen molar-refractivity contribution < 1.29 is 10.2 Å². The maximum atomic E-state index is 9.75. The molecule has 23 heavy (non-hydrogen) atoms. The molecule has 1 aliphatic rings. The van der Waals surface area contributed by atoms with E-state index in [4.69, 9.17) is 0 Å². The van der Waals surface area contributed by atoms with E-state index in [1.807, 2.05) is 17.0 Å². The molecule has 4 rings (SSSR count). The number of aliphatic hydroxyl groups is 1. The van der Waals surface area contributed by atoms with E-state index in [0.29, 0.717) is 12.5 Å². The first kappa shape index (κ1) is 14.0. The maximum absolute atomic E-state index is 9.75. The summed E-state index contributed by atoms with van der Waals surface area (Å²) < 4.78 is 0. The normalized spacial score (nSPS) is 18.5. The molecule has 0 amide bonds. The number of aliphatic hydroxyl groups excluding tert-OH is 1. The summed E-state index contributed by atoms with van der Waals surface area (Å²) in [6, 6.07) is 7.19. The largest absolute Gasteiger partial charge is 0.508 e. The zero-order valence-corrected chi connectivity index (χ0v) is 12.6. The van der Waals surface area contributed by atoms with Gasteiger partial charge in [0.05, 0.1) is 6.10 Å². The predicted octanol–water partition coefficient (Wildman–Crippen LogP) is 2.29. The second-order valence-corrected chi connectivity index (χ2v) is 5.97. The Morgan fingerprint density at radius 1 is 1.17 bits per heavy atom. The van der Waals surface area contributed by atoms with Crippen LogP contribution in [-0.4, -0.2) is 44.4 Å². The Morgan fingerprint density at radius 2 is 2.00 bits per heavy atom. The molecule has 1 aliphatic heterocycles. The van der Waals surface area contributed by atoms with Gasteiger partial charge in [0.2, 0.25) is 5.95 Å². The number of aromatic nitrogens is 3. The van der Waals surface area contributed by atoms with Crippen molar-refractivity contribution in [1.29, 1.82) is 0 Å². The fourth-order valence-corrected chi connectivity index (χ4v) is 3.04. The van der Waals surface area contributed by atoms with Gasteiger partial charge in [0, 0.05) is 47.6 Å². The van der Waals surface area contributed by atoms with Crippen LogP contribution in [-0.2, 0) is 0 Å². The lowest BCUT2D eigenvalue weighted by molar-refractivity contribution is 0.153. The van der Waals surface area contributed by atoms with Crippen LogP contribution in [0, 0.1) is 0 Å². The molecule has 1 saturated heterocycles. The Bertz CT molecular complexity index is 828. The summed E-state index contributed by atoms with van der Waals surface area (Å²) in [6.07, 6.45) is 5.07. The van der Waals surface area contributed by atoms with E-state index in [-0.39, 0.29) is 11.9 Å². The standard InChI is InChI=1S/C17H18N4O2/c22-13-3-4-15-11(6-13)7-16(20-15)12-8-18-17(19-9-12)21-5-1-2-14(23)10-21/h3-4,6-9,14,20,22-23H,1-2,5,10H2/t14-/m1/s1. The fourth-order valence-electron chi connectivity index (χ4n) is 3.04. The van der Waals surface area contributed by atoms with Crippen LogP contribution in [0.3, 0.4) is 0 Å². The Labute approximate surface area is 133 Å². The van der Waals surface area contributed by atoms with Gasteiger partial charge in [-0.05, 0) is 37.1 Å². The summed E-state index contributed by atoms with van der Waals surface area (Å²) in [5.74, 6) is 0.902. The van der Waals surface area contributed by atoms with Gasteiger partial charge in [-0.25, -0.2) is 9.97 Å². The summed E-state index contributed by atoms with van der Waals surface area (Å²) in [4.78, 5) is 14.2. The molecule has 118 valence electrons. The van der Waals surface area contributed by atoms with Gasteiger partial charge in [0.15, 0.2) is 0 Å². The van der Waals surface area contributed by atoms with Crippen molar-refractivity contribution in [2.75, 3.05) is 18.0 Å². The fraction of sp³-hybridized carbons (Fsp3) is 0.294. The van der Waals surface area contributed by atoms with Gasteiger partial charge in [-0.2, -0.15) is 0 Å². The van der Waals surface area contributed by atoms with Crippen molar-refractivity contribution in [1.82, 2.24) is 15.0 Å². The summed E-state index contributed by atoms with van der Waals surface area (Å²) in [5.41, 5.74) is 2.76. The highest BCUT2D eigenvalue weighted by atomic mass is 16.3. The van der Waals surface area contributed by atoms with Crippen molar-refractivity contribution in [2.24, 2.45) is 0 Å². The van der Waals surface area contributed by atoms with Crippen LogP contribution in [0.5, 0.6) is 5.75 Å². The van der Waals surface area contributed by atoms with Gasteiger partial charge in [-0.3, -0.25) is 0 Å². The van der Waals surface area contributed by atoms with Crippen molar-refractivity contribution >= 4 is 16.9 Å². The van der Waals surface area contributed by atoms with Crippen molar-refractivity contribution in [3.63, 3.8) is 0 Å². The molecule has 0 radical (unpaired) electrons. The molecule has 1 atom stereocenters. The summed E-state index contributed by atoms with van der Waals surface area (Å²) in [6.45, 7) is 1.47. The highest BCUT2D eigenvalue weighted by Gasteiger charge is 2.19. The van der Waals surface area contributed by atoms with E-state index >= 15 is 0 Å². The molecule has 0 aliphatic carbocycles. The lowest BCUT2D eigenvalue weighted by Gasteiger charge is -2.29. The van der Waals surface area contributed by atoms with Crippen LogP contribution in [0.1, 0.15) is 12.8 Å². The van der Waals surface area contributed by atoms with E-state index in [2.05, 4.69) is 15.0 Å². The minimum atomic E-state index is -0.298. The van der Waals surface area contributed by atoms with Crippen LogP contribution >= 0.6 is 0 Å². The second kappa shape index (κ2) is 5.55. The number of phenols is 1. The molecular weight excluding hydrogens is 292 g/mol. The van der Waals surface area contributed by atoms with Crippen LogP contribution in [0.4, 0.5) is 5.95 Å². The number of hydrogen-bond acceptors (Lipinski definition) is 5. The second-order valence-electron chi connectivity index (χ2n) is 5.97. The molecule has 1 aromatic carbocycles. The average Bonchev–Trinajstić information content (AvgIpc) is 2.98. The lowest BCUT2D eigenvalue weighted by Crippen LogP contribution is -2.39.